The standard InChI is InChI=1S/C17H52O11Si10.C2H6O/c1-29-17-18-34(12,22-32(6,7)8)24-38(16)26-35(13,19-29)25-36(14,21-30(2)20-31(3,4)5)27-37(15,28-38)23-33(9,10)11;1-3-2/h29-30H,17H2,1-16H3;1-2H3. The third-order valence-corrected chi connectivity index (χ3v) is 39.6. The Morgan fingerprint density at radius 2 is 1.07 bits per heavy atom. The molecule has 0 amide bonds. The second-order valence-corrected chi connectivity index (χ2v) is 47.0. The summed E-state index contributed by atoms with van der Waals surface area (Å²) in [7, 11) is -23.7. The van der Waals surface area contributed by atoms with Crippen LogP contribution in [0.25, 0.3) is 0 Å². The Hall–Kier alpha value is 1.69. The summed E-state index contributed by atoms with van der Waals surface area (Å²) in [5.41, 5.74) is 0. The molecule has 0 radical (unpaired) electrons. The molecule has 12 nitrogen and oxygen atoms in total. The van der Waals surface area contributed by atoms with Crippen molar-refractivity contribution in [1.82, 2.24) is 0 Å². The molecule has 7 atom stereocenters. The van der Waals surface area contributed by atoms with Crippen molar-refractivity contribution in [1.29, 1.82) is 0 Å². The van der Waals surface area contributed by atoms with Crippen LogP contribution in [0.4, 0.5) is 0 Å². The van der Waals surface area contributed by atoms with Gasteiger partial charge in [0, 0.05) is 47.0 Å². The van der Waals surface area contributed by atoms with E-state index in [-0.39, 0.29) is 0 Å². The average molecular weight is 760 g/mol. The van der Waals surface area contributed by atoms with Gasteiger partial charge in [0.1, 0.15) is 0 Å². The lowest BCUT2D eigenvalue weighted by Crippen LogP contribution is -2.73. The summed E-state index contributed by atoms with van der Waals surface area (Å²) in [4.78, 5) is 0. The Kier molecular flexibility index (Phi) is 14.5. The van der Waals surface area contributed by atoms with Gasteiger partial charge in [0.2, 0.25) is 0 Å². The van der Waals surface area contributed by atoms with Crippen molar-refractivity contribution in [3.63, 3.8) is 0 Å². The molecule has 22 heteroatoms. The molecule has 0 aromatic heterocycles. The Morgan fingerprint density at radius 1 is 0.634 bits per heavy atom. The first-order chi connectivity index (χ1) is 18.1. The van der Waals surface area contributed by atoms with E-state index in [1.165, 1.54) is 0 Å². The van der Waals surface area contributed by atoms with E-state index in [9.17, 15) is 0 Å². The van der Waals surface area contributed by atoms with E-state index in [2.05, 4.69) is 70.2 Å². The highest BCUT2D eigenvalue weighted by molar-refractivity contribution is 6.95. The van der Waals surface area contributed by atoms with Crippen LogP contribution < -0.4 is 0 Å². The SMILES string of the molecule is COC.C[SiH]1CO[Si](C)(O[Si](C)(C)C)O[Si]2(C)O[Si](C)(O1)O[Si](C)(O[SiH](C)O[Si](C)(C)C)O[Si](C)(O[Si](C)(C)C)O2. The Bertz CT molecular complexity index is 847. The Balaban J connectivity index is 0.00000268. The minimum atomic E-state index is -3.54. The van der Waals surface area contributed by atoms with E-state index in [0.29, 0.717) is 6.23 Å². The van der Waals surface area contributed by atoms with Crippen LogP contribution in [0.15, 0.2) is 0 Å². The smallest absolute Gasteiger partial charge is 0.439 e. The summed E-state index contributed by atoms with van der Waals surface area (Å²) in [5.74, 6) is 0. The summed E-state index contributed by atoms with van der Waals surface area (Å²) in [6, 6.07) is 0. The molecule has 0 N–H and O–H groups in total. The normalized spacial score (nSPS) is 38.3. The molecule has 0 saturated carbocycles. The first-order valence-corrected chi connectivity index (χ1v) is 39.9. The number of methoxy groups -OCH3 is 1. The number of hydrogen-bond acceptors (Lipinski definition) is 12. The summed E-state index contributed by atoms with van der Waals surface area (Å²) in [5, 5.41) is 0. The van der Waals surface area contributed by atoms with E-state index in [4.69, 9.17) is 45.6 Å². The molecule has 41 heavy (non-hydrogen) atoms. The lowest BCUT2D eigenvalue weighted by atomic mass is 11.6. The molecule has 0 aromatic carbocycles. The molecule has 0 aromatic rings. The quantitative estimate of drug-likeness (QED) is 0.324. The molecule has 0 aliphatic carbocycles. The van der Waals surface area contributed by atoms with Gasteiger partial charge in [-0.3, -0.25) is 0 Å². The maximum atomic E-state index is 6.83. The second kappa shape index (κ2) is 14.6. The highest BCUT2D eigenvalue weighted by atomic mass is 28.6. The third-order valence-electron chi connectivity index (χ3n) is 4.73. The van der Waals surface area contributed by atoms with Crippen LogP contribution in [0.5, 0.6) is 0 Å². The maximum absolute atomic E-state index is 6.83. The molecule has 2 heterocycles. The molecule has 0 spiro atoms. The third kappa shape index (κ3) is 15.7. The fraction of sp³-hybridized carbons (Fsp3) is 1.00. The van der Waals surface area contributed by atoms with E-state index in [1.54, 1.807) is 14.2 Å². The van der Waals surface area contributed by atoms with Crippen LogP contribution in [0, 0.1) is 0 Å². The van der Waals surface area contributed by atoms with E-state index in [1.807, 2.05) is 39.3 Å². The van der Waals surface area contributed by atoms with Gasteiger partial charge in [-0.05, 0) is 72.0 Å². The summed E-state index contributed by atoms with van der Waals surface area (Å²) < 4.78 is 77.4. The van der Waals surface area contributed by atoms with Crippen LogP contribution in [0.1, 0.15) is 0 Å². The van der Waals surface area contributed by atoms with E-state index < -0.39 is 87.3 Å². The van der Waals surface area contributed by atoms with Crippen LogP contribution in [-0.4, -0.2) is 108 Å². The van der Waals surface area contributed by atoms with Crippen LogP contribution in [0.2, 0.25) is 105 Å². The minimum Gasteiger partial charge on any atom is -0.439 e. The van der Waals surface area contributed by atoms with E-state index >= 15 is 0 Å². The van der Waals surface area contributed by atoms with Crippen LogP contribution in [0.3, 0.4) is 0 Å². The average Bonchev–Trinajstić information content (AvgIpc) is 2.61. The molecule has 2 aliphatic rings. The van der Waals surface area contributed by atoms with Gasteiger partial charge in [-0.2, -0.15) is 0 Å². The van der Waals surface area contributed by atoms with Gasteiger partial charge >= 0.3 is 53.3 Å². The fourth-order valence-corrected chi connectivity index (χ4v) is 47.2. The predicted octanol–water partition coefficient (Wildman–Crippen LogP) is 4.55. The zero-order chi connectivity index (χ0) is 32.3. The molecule has 7 unspecified atom stereocenters. The number of hydrogen-bond donors (Lipinski definition) is 0. The lowest BCUT2D eigenvalue weighted by molar-refractivity contribution is 0.0797. The summed E-state index contributed by atoms with van der Waals surface area (Å²) in [6.45, 7) is 32.6. The molecule has 2 aliphatic heterocycles. The van der Waals surface area contributed by atoms with Gasteiger partial charge in [-0.25, -0.2) is 0 Å². The number of rotatable bonds is 8. The number of fused-ring (bicyclic) bond motifs is 2. The first kappa shape index (κ1) is 40.7. The van der Waals surface area contributed by atoms with Gasteiger partial charge in [-0.15, -0.1) is 0 Å². The van der Waals surface area contributed by atoms with Crippen molar-refractivity contribution in [3.05, 3.63) is 0 Å². The summed E-state index contributed by atoms with van der Waals surface area (Å²) in [6.07, 6.45) is 0.414. The minimum absolute atomic E-state index is 0.414. The van der Waals surface area contributed by atoms with Crippen molar-refractivity contribution >= 4 is 87.3 Å². The van der Waals surface area contributed by atoms with Gasteiger partial charge in [-0.1, -0.05) is 0 Å². The topological polar surface area (TPSA) is 111 Å². The van der Waals surface area contributed by atoms with Gasteiger partial charge in [0.15, 0.2) is 34.0 Å². The highest BCUT2D eigenvalue weighted by Crippen LogP contribution is 2.37. The zero-order valence-electron chi connectivity index (χ0n) is 28.8. The maximum Gasteiger partial charge on any atom is 0.479 e. The van der Waals surface area contributed by atoms with Crippen molar-refractivity contribution in [3.8, 4) is 0 Å². The van der Waals surface area contributed by atoms with Crippen molar-refractivity contribution in [2.45, 2.75) is 105 Å². The first-order valence-electron chi connectivity index (χ1n) is 14.0. The zero-order valence-corrected chi connectivity index (χ0v) is 39.1. The second-order valence-electron chi connectivity index (χ2n) is 13.8. The number of ether oxygens (including phenoxy) is 1. The van der Waals surface area contributed by atoms with Crippen molar-refractivity contribution in [2.24, 2.45) is 0 Å². The van der Waals surface area contributed by atoms with Crippen LogP contribution >= 0.6 is 0 Å². The molecule has 2 rings (SSSR count). The Labute approximate surface area is 261 Å². The molecule has 246 valence electrons. The molecule has 2 saturated heterocycles. The monoisotopic (exact) mass is 758 g/mol. The fourth-order valence-electron chi connectivity index (χ4n) is 4.63. The largest absolute Gasteiger partial charge is 0.479 e. The molecular weight excluding hydrogens is 701 g/mol. The predicted molar refractivity (Wildman–Crippen MR) is 184 cm³/mol. The summed E-state index contributed by atoms with van der Waals surface area (Å²) >= 11 is 0. The molecular formula is C19H58O12Si10. The molecule has 2 fully saturated rings. The highest BCUT2D eigenvalue weighted by Gasteiger charge is 2.66. The Morgan fingerprint density at radius 3 is 1.54 bits per heavy atom. The van der Waals surface area contributed by atoms with Gasteiger partial charge in [0.25, 0.3) is 0 Å². The van der Waals surface area contributed by atoms with Crippen LogP contribution in [-0.2, 0) is 50.3 Å². The van der Waals surface area contributed by atoms with Gasteiger partial charge < -0.3 is 50.3 Å². The van der Waals surface area contributed by atoms with E-state index in [0.717, 1.165) is 0 Å². The van der Waals surface area contributed by atoms with Gasteiger partial charge in [0.05, 0.1) is 6.23 Å². The lowest BCUT2D eigenvalue weighted by Gasteiger charge is -2.49. The molecule has 2 bridgehead atoms. The van der Waals surface area contributed by atoms with Crippen molar-refractivity contribution in [2.75, 3.05) is 20.4 Å². The van der Waals surface area contributed by atoms with Crippen molar-refractivity contribution < 1.29 is 50.3 Å².